The molecule has 1 aromatic heterocycles. The molecule has 0 spiro atoms. The molecular formula is C12H12ClN3O3. The van der Waals surface area contributed by atoms with Gasteiger partial charge in [-0.05, 0) is 24.6 Å². The van der Waals surface area contributed by atoms with E-state index in [0.29, 0.717) is 23.0 Å². The Morgan fingerprint density at radius 1 is 1.53 bits per heavy atom. The number of rotatable bonds is 4. The van der Waals surface area contributed by atoms with E-state index in [0.717, 1.165) is 5.56 Å². The van der Waals surface area contributed by atoms with Gasteiger partial charge in [-0.25, -0.2) is 9.48 Å². The molecule has 0 aliphatic rings. The third-order valence-electron chi connectivity index (χ3n) is 2.73. The number of benzene rings is 1. The Labute approximate surface area is 114 Å². The number of hydrogen-bond donors (Lipinski definition) is 1. The van der Waals surface area contributed by atoms with E-state index in [-0.39, 0.29) is 5.69 Å². The van der Waals surface area contributed by atoms with Crippen molar-refractivity contribution in [3.05, 3.63) is 40.2 Å². The highest BCUT2D eigenvalue weighted by Crippen LogP contribution is 2.25. The van der Waals surface area contributed by atoms with Crippen LogP contribution >= 0.6 is 11.6 Å². The van der Waals surface area contributed by atoms with Gasteiger partial charge < -0.3 is 9.84 Å². The predicted octanol–water partition coefficient (Wildman–Crippen LogP) is 2.00. The number of carbonyl (C=O) groups is 1. The lowest BCUT2D eigenvalue weighted by atomic mass is 10.2. The minimum atomic E-state index is -1.09. The highest BCUT2D eigenvalue weighted by Gasteiger charge is 2.15. The summed E-state index contributed by atoms with van der Waals surface area (Å²) in [5.41, 5.74) is 1.34. The fourth-order valence-electron chi connectivity index (χ4n) is 1.69. The molecule has 2 aromatic rings. The molecule has 0 atom stereocenters. The average Bonchev–Trinajstić information content (AvgIpc) is 2.71. The summed E-state index contributed by atoms with van der Waals surface area (Å²) in [5.74, 6) is -0.497. The van der Waals surface area contributed by atoms with Crippen molar-refractivity contribution in [1.29, 1.82) is 0 Å². The topological polar surface area (TPSA) is 77.2 Å². The van der Waals surface area contributed by atoms with Crippen molar-refractivity contribution in [2.24, 2.45) is 0 Å². The molecule has 2 rings (SSSR count). The average molecular weight is 282 g/mol. The molecule has 19 heavy (non-hydrogen) atoms. The van der Waals surface area contributed by atoms with Crippen LogP contribution in [0.5, 0.6) is 5.75 Å². The van der Waals surface area contributed by atoms with Gasteiger partial charge >= 0.3 is 5.97 Å². The summed E-state index contributed by atoms with van der Waals surface area (Å²) < 4.78 is 6.58. The fourth-order valence-corrected chi connectivity index (χ4v) is 1.97. The molecule has 0 aliphatic carbocycles. The molecule has 0 radical (unpaired) electrons. The van der Waals surface area contributed by atoms with Gasteiger partial charge in [-0.3, -0.25) is 0 Å². The number of methoxy groups -OCH3 is 1. The van der Waals surface area contributed by atoms with Gasteiger partial charge in [0.25, 0.3) is 0 Å². The van der Waals surface area contributed by atoms with Gasteiger partial charge in [0.05, 0.1) is 24.4 Å². The molecule has 1 N–H and O–H groups in total. The molecule has 0 fully saturated rings. The van der Waals surface area contributed by atoms with Crippen LogP contribution in [0, 0.1) is 6.92 Å². The van der Waals surface area contributed by atoms with E-state index in [1.54, 1.807) is 26.2 Å². The van der Waals surface area contributed by atoms with Gasteiger partial charge in [-0.15, -0.1) is 5.10 Å². The van der Waals surface area contributed by atoms with Crippen molar-refractivity contribution >= 4 is 17.6 Å². The molecule has 0 unspecified atom stereocenters. The Hall–Kier alpha value is -2.08. The van der Waals surface area contributed by atoms with Gasteiger partial charge in [-0.1, -0.05) is 22.9 Å². The summed E-state index contributed by atoms with van der Waals surface area (Å²) >= 11 is 6.03. The van der Waals surface area contributed by atoms with Crippen LogP contribution in [-0.2, 0) is 6.54 Å². The van der Waals surface area contributed by atoms with Crippen LogP contribution < -0.4 is 4.74 Å². The highest BCUT2D eigenvalue weighted by atomic mass is 35.5. The fraction of sp³-hybridized carbons (Fsp3) is 0.250. The summed E-state index contributed by atoms with van der Waals surface area (Å²) in [5, 5.41) is 16.8. The summed E-state index contributed by atoms with van der Waals surface area (Å²) in [7, 11) is 1.54. The zero-order valence-electron chi connectivity index (χ0n) is 10.4. The lowest BCUT2D eigenvalue weighted by Crippen LogP contribution is -2.06. The van der Waals surface area contributed by atoms with Gasteiger partial charge in [0.15, 0.2) is 5.69 Å². The number of halogens is 1. The van der Waals surface area contributed by atoms with Crippen LogP contribution in [0.1, 0.15) is 21.7 Å². The number of nitrogens with zero attached hydrogens (tertiary/aromatic N) is 3. The molecule has 0 saturated carbocycles. The SMILES string of the molecule is COc1ccc(Cn2nnc(C(=O)O)c2C)cc1Cl. The molecule has 0 bridgehead atoms. The Kier molecular flexibility index (Phi) is 3.71. The van der Waals surface area contributed by atoms with Crippen molar-refractivity contribution in [1.82, 2.24) is 15.0 Å². The summed E-state index contributed by atoms with van der Waals surface area (Å²) in [6.45, 7) is 2.06. The molecule has 1 heterocycles. The van der Waals surface area contributed by atoms with Gasteiger partial charge in [0.1, 0.15) is 5.75 Å². The third kappa shape index (κ3) is 2.68. The van der Waals surface area contributed by atoms with Crippen LogP contribution in [-0.4, -0.2) is 33.2 Å². The second-order valence-corrected chi connectivity index (χ2v) is 4.36. The molecule has 1 aromatic carbocycles. The Bertz CT molecular complexity index is 625. The molecular weight excluding hydrogens is 270 g/mol. The number of aromatic nitrogens is 3. The highest BCUT2D eigenvalue weighted by molar-refractivity contribution is 6.32. The van der Waals surface area contributed by atoms with Crippen LogP contribution in [0.15, 0.2) is 18.2 Å². The van der Waals surface area contributed by atoms with Crippen LogP contribution in [0.3, 0.4) is 0 Å². The Morgan fingerprint density at radius 2 is 2.26 bits per heavy atom. The predicted molar refractivity (Wildman–Crippen MR) is 68.8 cm³/mol. The zero-order valence-corrected chi connectivity index (χ0v) is 11.2. The smallest absolute Gasteiger partial charge is 0.358 e. The van der Waals surface area contributed by atoms with Crippen molar-refractivity contribution in [2.45, 2.75) is 13.5 Å². The summed E-state index contributed by atoms with van der Waals surface area (Å²) in [6.07, 6.45) is 0. The van der Waals surface area contributed by atoms with Crippen LogP contribution in [0.4, 0.5) is 0 Å². The molecule has 7 heteroatoms. The second kappa shape index (κ2) is 5.27. The minimum Gasteiger partial charge on any atom is -0.495 e. The van der Waals surface area contributed by atoms with Crippen molar-refractivity contribution < 1.29 is 14.6 Å². The largest absolute Gasteiger partial charge is 0.495 e. The summed E-state index contributed by atoms with van der Waals surface area (Å²) in [6, 6.07) is 5.34. The standard InChI is InChI=1S/C12H12ClN3O3/c1-7-11(12(17)18)14-15-16(7)6-8-3-4-10(19-2)9(13)5-8/h3-5H,6H2,1-2H3,(H,17,18). The van der Waals surface area contributed by atoms with E-state index in [4.69, 9.17) is 21.4 Å². The van der Waals surface area contributed by atoms with Gasteiger partial charge in [0.2, 0.25) is 0 Å². The molecule has 0 amide bonds. The molecule has 0 aliphatic heterocycles. The third-order valence-corrected chi connectivity index (χ3v) is 3.03. The summed E-state index contributed by atoms with van der Waals surface area (Å²) in [4.78, 5) is 10.9. The Morgan fingerprint density at radius 3 is 2.79 bits per heavy atom. The number of ether oxygens (including phenoxy) is 1. The van der Waals surface area contributed by atoms with E-state index in [9.17, 15) is 4.79 Å². The number of carboxylic acid groups (broad SMARTS) is 1. The van der Waals surface area contributed by atoms with Crippen molar-refractivity contribution in [2.75, 3.05) is 7.11 Å². The monoisotopic (exact) mass is 281 g/mol. The first-order valence-electron chi connectivity index (χ1n) is 5.48. The number of carboxylic acids is 1. The van der Waals surface area contributed by atoms with E-state index in [1.165, 1.54) is 4.68 Å². The normalized spacial score (nSPS) is 10.5. The van der Waals surface area contributed by atoms with Gasteiger partial charge in [-0.2, -0.15) is 0 Å². The second-order valence-electron chi connectivity index (χ2n) is 3.96. The first-order chi connectivity index (χ1) is 9.02. The van der Waals surface area contributed by atoms with Crippen molar-refractivity contribution in [3.8, 4) is 5.75 Å². The molecule has 0 saturated heterocycles. The number of hydrogen-bond acceptors (Lipinski definition) is 4. The molecule has 6 nitrogen and oxygen atoms in total. The maximum Gasteiger partial charge on any atom is 0.358 e. The number of aromatic carboxylic acids is 1. The lowest BCUT2D eigenvalue weighted by Gasteiger charge is -2.07. The van der Waals surface area contributed by atoms with E-state index in [2.05, 4.69) is 10.3 Å². The Balaban J connectivity index is 2.26. The quantitative estimate of drug-likeness (QED) is 0.927. The van der Waals surface area contributed by atoms with Gasteiger partial charge in [0, 0.05) is 0 Å². The zero-order chi connectivity index (χ0) is 14.0. The maximum absolute atomic E-state index is 10.9. The maximum atomic E-state index is 10.9. The van der Waals surface area contributed by atoms with Crippen LogP contribution in [0.25, 0.3) is 0 Å². The lowest BCUT2D eigenvalue weighted by molar-refractivity contribution is 0.0689. The van der Waals surface area contributed by atoms with Crippen molar-refractivity contribution in [3.63, 3.8) is 0 Å². The van der Waals surface area contributed by atoms with Crippen LogP contribution in [0.2, 0.25) is 5.02 Å². The van der Waals surface area contributed by atoms with E-state index >= 15 is 0 Å². The van der Waals surface area contributed by atoms with E-state index < -0.39 is 5.97 Å². The van der Waals surface area contributed by atoms with E-state index in [1.807, 2.05) is 6.07 Å². The first-order valence-corrected chi connectivity index (χ1v) is 5.86. The first kappa shape index (κ1) is 13.4. The minimum absolute atomic E-state index is 0.0420. The molecule has 100 valence electrons.